The Morgan fingerprint density at radius 1 is 1.59 bits per heavy atom. The van der Waals surface area contributed by atoms with Gasteiger partial charge in [0.2, 0.25) is 5.91 Å². The van der Waals surface area contributed by atoms with E-state index in [1.54, 1.807) is 11.3 Å². The van der Waals surface area contributed by atoms with Crippen LogP contribution < -0.4 is 5.73 Å². The van der Waals surface area contributed by atoms with Crippen LogP contribution in [0, 0.1) is 0 Å². The SMILES string of the molecule is CCn1c(SCC(N)=O)nnc1-c1cccs1. The van der Waals surface area contributed by atoms with E-state index in [4.69, 9.17) is 5.73 Å². The molecule has 0 saturated heterocycles. The van der Waals surface area contributed by atoms with E-state index in [-0.39, 0.29) is 11.7 Å². The lowest BCUT2D eigenvalue weighted by molar-refractivity contribution is -0.115. The van der Waals surface area contributed by atoms with E-state index < -0.39 is 0 Å². The highest BCUT2D eigenvalue weighted by Crippen LogP contribution is 2.26. The summed E-state index contributed by atoms with van der Waals surface area (Å²) >= 11 is 2.94. The van der Waals surface area contributed by atoms with E-state index >= 15 is 0 Å². The average Bonchev–Trinajstić information content (AvgIpc) is 2.94. The number of aromatic nitrogens is 3. The van der Waals surface area contributed by atoms with Crippen molar-refractivity contribution in [2.24, 2.45) is 5.73 Å². The molecule has 0 saturated carbocycles. The number of hydrogen-bond acceptors (Lipinski definition) is 5. The minimum absolute atomic E-state index is 0.225. The van der Waals surface area contributed by atoms with Crippen molar-refractivity contribution < 1.29 is 4.79 Å². The summed E-state index contributed by atoms with van der Waals surface area (Å²) in [6.07, 6.45) is 0. The van der Waals surface area contributed by atoms with Gasteiger partial charge in [-0.3, -0.25) is 4.79 Å². The van der Waals surface area contributed by atoms with Gasteiger partial charge in [-0.1, -0.05) is 17.8 Å². The Morgan fingerprint density at radius 3 is 3.00 bits per heavy atom. The summed E-state index contributed by atoms with van der Waals surface area (Å²) in [4.78, 5) is 11.8. The summed E-state index contributed by atoms with van der Waals surface area (Å²) in [6.45, 7) is 2.79. The molecule has 0 spiro atoms. The van der Waals surface area contributed by atoms with Crippen LogP contribution in [-0.4, -0.2) is 26.4 Å². The number of amides is 1. The third kappa shape index (κ3) is 2.67. The number of hydrogen-bond donors (Lipinski definition) is 1. The molecule has 2 heterocycles. The molecule has 0 fully saturated rings. The summed E-state index contributed by atoms with van der Waals surface area (Å²) < 4.78 is 1.99. The zero-order chi connectivity index (χ0) is 12.3. The van der Waals surface area contributed by atoms with Crippen LogP contribution >= 0.6 is 23.1 Å². The number of thioether (sulfide) groups is 1. The first kappa shape index (κ1) is 12.1. The summed E-state index contributed by atoms with van der Waals surface area (Å²) in [7, 11) is 0. The monoisotopic (exact) mass is 268 g/mol. The van der Waals surface area contributed by atoms with Crippen molar-refractivity contribution in [3.05, 3.63) is 17.5 Å². The molecule has 2 aromatic heterocycles. The number of primary amides is 1. The highest BCUT2D eigenvalue weighted by molar-refractivity contribution is 7.99. The predicted molar refractivity (Wildman–Crippen MR) is 68.9 cm³/mol. The molecule has 0 aliphatic rings. The van der Waals surface area contributed by atoms with E-state index in [1.165, 1.54) is 11.8 Å². The standard InChI is InChI=1S/C10H12N4OS2/c1-2-14-9(7-4-3-5-16-7)12-13-10(14)17-6-8(11)15/h3-5H,2,6H2,1H3,(H2,11,15). The second kappa shape index (κ2) is 5.33. The Bertz CT molecular complexity index is 506. The topological polar surface area (TPSA) is 73.8 Å². The van der Waals surface area contributed by atoms with Crippen LogP contribution in [0.2, 0.25) is 0 Å². The summed E-state index contributed by atoms with van der Waals surface area (Å²) in [6, 6.07) is 3.98. The lowest BCUT2D eigenvalue weighted by atomic mass is 10.4. The van der Waals surface area contributed by atoms with Gasteiger partial charge < -0.3 is 10.3 Å². The zero-order valence-corrected chi connectivity index (χ0v) is 10.9. The molecule has 2 aromatic rings. The van der Waals surface area contributed by atoms with Gasteiger partial charge in [0.15, 0.2) is 11.0 Å². The van der Waals surface area contributed by atoms with Crippen LogP contribution in [0.5, 0.6) is 0 Å². The second-order valence-corrected chi connectivity index (χ2v) is 5.17. The fourth-order valence-electron chi connectivity index (χ4n) is 1.40. The maximum Gasteiger partial charge on any atom is 0.227 e. The van der Waals surface area contributed by atoms with Crippen molar-refractivity contribution >= 4 is 29.0 Å². The van der Waals surface area contributed by atoms with Crippen LogP contribution in [0.1, 0.15) is 6.92 Å². The fraction of sp³-hybridized carbons (Fsp3) is 0.300. The van der Waals surface area contributed by atoms with E-state index in [1.807, 2.05) is 29.0 Å². The second-order valence-electron chi connectivity index (χ2n) is 3.28. The van der Waals surface area contributed by atoms with Gasteiger partial charge in [-0.15, -0.1) is 21.5 Å². The molecule has 2 rings (SSSR count). The molecule has 17 heavy (non-hydrogen) atoms. The lowest BCUT2D eigenvalue weighted by Gasteiger charge is -2.04. The van der Waals surface area contributed by atoms with Gasteiger partial charge in [0, 0.05) is 6.54 Å². The molecule has 0 bridgehead atoms. The van der Waals surface area contributed by atoms with Gasteiger partial charge in [0.05, 0.1) is 10.6 Å². The number of rotatable bonds is 5. The van der Waals surface area contributed by atoms with Gasteiger partial charge in [-0.05, 0) is 18.4 Å². The average molecular weight is 268 g/mol. The molecule has 7 heteroatoms. The summed E-state index contributed by atoms with van der Waals surface area (Å²) in [5.74, 6) is 0.718. The molecule has 0 aliphatic carbocycles. The van der Waals surface area contributed by atoms with Crippen LogP contribution in [0.3, 0.4) is 0 Å². The Morgan fingerprint density at radius 2 is 2.41 bits per heavy atom. The molecule has 2 N–H and O–H groups in total. The fourth-order valence-corrected chi connectivity index (χ4v) is 2.86. The van der Waals surface area contributed by atoms with Crippen molar-refractivity contribution in [3.63, 3.8) is 0 Å². The van der Waals surface area contributed by atoms with E-state index in [0.717, 1.165) is 22.4 Å². The van der Waals surface area contributed by atoms with Gasteiger partial charge in [-0.2, -0.15) is 0 Å². The van der Waals surface area contributed by atoms with Gasteiger partial charge in [-0.25, -0.2) is 0 Å². The van der Waals surface area contributed by atoms with E-state index in [2.05, 4.69) is 10.2 Å². The third-order valence-corrected chi connectivity index (χ3v) is 3.97. The Labute approximate surface area is 107 Å². The maximum atomic E-state index is 10.8. The molecule has 90 valence electrons. The maximum absolute atomic E-state index is 10.8. The van der Waals surface area contributed by atoms with Gasteiger partial charge in [0.1, 0.15) is 0 Å². The van der Waals surface area contributed by atoms with Crippen LogP contribution in [0.4, 0.5) is 0 Å². The van der Waals surface area contributed by atoms with Crippen LogP contribution in [-0.2, 0) is 11.3 Å². The van der Waals surface area contributed by atoms with Gasteiger partial charge >= 0.3 is 0 Å². The smallest absolute Gasteiger partial charge is 0.227 e. The third-order valence-electron chi connectivity index (χ3n) is 2.12. The lowest BCUT2D eigenvalue weighted by Crippen LogP contribution is -2.13. The van der Waals surface area contributed by atoms with E-state index in [0.29, 0.717) is 0 Å². The Balaban J connectivity index is 2.27. The highest BCUT2D eigenvalue weighted by Gasteiger charge is 2.14. The zero-order valence-electron chi connectivity index (χ0n) is 9.29. The first-order valence-electron chi connectivity index (χ1n) is 5.10. The first-order valence-corrected chi connectivity index (χ1v) is 6.97. The molecule has 5 nitrogen and oxygen atoms in total. The minimum atomic E-state index is -0.349. The Hall–Kier alpha value is -1.34. The normalized spacial score (nSPS) is 10.6. The predicted octanol–water partition coefficient (Wildman–Crippen LogP) is 1.60. The molecule has 0 unspecified atom stereocenters. The van der Waals surface area contributed by atoms with Gasteiger partial charge in [0.25, 0.3) is 0 Å². The van der Waals surface area contributed by atoms with Crippen LogP contribution in [0.25, 0.3) is 10.7 Å². The number of carbonyl (C=O) groups is 1. The van der Waals surface area contributed by atoms with Crippen molar-refractivity contribution in [1.82, 2.24) is 14.8 Å². The van der Waals surface area contributed by atoms with Crippen molar-refractivity contribution in [1.29, 1.82) is 0 Å². The molecular weight excluding hydrogens is 256 g/mol. The van der Waals surface area contributed by atoms with Crippen molar-refractivity contribution in [3.8, 4) is 10.7 Å². The van der Waals surface area contributed by atoms with Crippen LogP contribution in [0.15, 0.2) is 22.7 Å². The van der Waals surface area contributed by atoms with Crippen molar-refractivity contribution in [2.75, 3.05) is 5.75 Å². The van der Waals surface area contributed by atoms with E-state index in [9.17, 15) is 4.79 Å². The number of nitrogens with two attached hydrogens (primary N) is 1. The first-order chi connectivity index (χ1) is 8.22. The largest absolute Gasteiger partial charge is 0.369 e. The molecule has 1 amide bonds. The summed E-state index contributed by atoms with van der Waals surface area (Å²) in [5, 5.41) is 11.0. The number of thiophene rings is 1. The molecule has 0 atom stereocenters. The quantitative estimate of drug-likeness (QED) is 0.836. The molecule has 0 radical (unpaired) electrons. The minimum Gasteiger partial charge on any atom is -0.369 e. The Kier molecular flexibility index (Phi) is 3.80. The molecule has 0 aromatic carbocycles. The number of nitrogens with zero attached hydrogens (tertiary/aromatic N) is 3. The highest BCUT2D eigenvalue weighted by atomic mass is 32.2. The molecule has 0 aliphatic heterocycles. The molecular formula is C10H12N4OS2. The van der Waals surface area contributed by atoms with Crippen molar-refractivity contribution in [2.45, 2.75) is 18.6 Å². The number of carbonyl (C=O) groups excluding carboxylic acids is 1. The summed E-state index contributed by atoms with van der Waals surface area (Å²) in [5.41, 5.74) is 5.12.